The molecule has 100 valence electrons. The number of hydrogen-bond donors (Lipinski definition) is 2. The maximum Gasteiger partial charge on any atom is 0.107 e. The van der Waals surface area contributed by atoms with E-state index in [1.54, 1.807) is 11.3 Å². The van der Waals surface area contributed by atoms with Gasteiger partial charge in [-0.2, -0.15) is 0 Å². The third-order valence-electron chi connectivity index (χ3n) is 2.71. The molecule has 0 atom stereocenters. The molecule has 0 aromatic carbocycles. The number of hydrogen-bond acceptors (Lipinski definition) is 4. The molecule has 0 amide bonds. The van der Waals surface area contributed by atoms with E-state index in [1.807, 2.05) is 26.0 Å². The van der Waals surface area contributed by atoms with Crippen molar-refractivity contribution in [2.45, 2.75) is 20.4 Å². The first-order valence-electron chi connectivity index (χ1n) is 5.73. The number of pyridine rings is 1. The van der Waals surface area contributed by atoms with Crippen LogP contribution in [0.15, 0.2) is 22.0 Å². The lowest BCUT2D eigenvalue weighted by Gasteiger charge is -2.14. The number of rotatable bonds is 4. The monoisotopic (exact) mass is 355 g/mol. The average Bonchev–Trinajstić information content (AvgIpc) is 2.70. The zero-order valence-electron chi connectivity index (χ0n) is 10.7. The van der Waals surface area contributed by atoms with Crippen LogP contribution in [-0.2, 0) is 6.54 Å². The highest BCUT2D eigenvalue weighted by Crippen LogP contribution is 2.25. The second-order valence-electron chi connectivity index (χ2n) is 4.18. The van der Waals surface area contributed by atoms with E-state index in [-0.39, 0.29) is 0 Å². The van der Waals surface area contributed by atoms with Gasteiger partial charge < -0.3 is 11.1 Å². The van der Waals surface area contributed by atoms with Gasteiger partial charge in [-0.1, -0.05) is 12.2 Å². The first-order chi connectivity index (χ1) is 8.99. The number of thiocarbonyl (C=S) groups is 1. The van der Waals surface area contributed by atoms with Crippen LogP contribution < -0.4 is 11.1 Å². The van der Waals surface area contributed by atoms with Gasteiger partial charge in [-0.05, 0) is 47.3 Å². The summed E-state index contributed by atoms with van der Waals surface area (Å²) in [5.74, 6) is 0. The van der Waals surface area contributed by atoms with Crippen molar-refractivity contribution in [2.24, 2.45) is 5.73 Å². The number of nitrogens with two attached hydrogens (primary N) is 1. The van der Waals surface area contributed by atoms with E-state index in [4.69, 9.17) is 18.0 Å². The summed E-state index contributed by atoms with van der Waals surface area (Å²) in [6.45, 7) is 4.62. The number of anilines is 1. The molecule has 0 spiro atoms. The summed E-state index contributed by atoms with van der Waals surface area (Å²) >= 11 is 10.3. The maximum atomic E-state index is 5.79. The van der Waals surface area contributed by atoms with Gasteiger partial charge in [0.1, 0.15) is 4.99 Å². The molecule has 0 saturated heterocycles. The van der Waals surface area contributed by atoms with Gasteiger partial charge in [0.25, 0.3) is 0 Å². The molecule has 2 heterocycles. The molecule has 0 radical (unpaired) electrons. The zero-order valence-corrected chi connectivity index (χ0v) is 13.9. The Morgan fingerprint density at radius 2 is 2.26 bits per heavy atom. The van der Waals surface area contributed by atoms with Crippen LogP contribution in [0, 0.1) is 13.8 Å². The molecule has 0 aliphatic carbocycles. The number of aryl methyl sites for hydroxylation is 2. The summed E-state index contributed by atoms with van der Waals surface area (Å²) in [4.78, 5) is 6.01. The van der Waals surface area contributed by atoms with Gasteiger partial charge in [0.2, 0.25) is 0 Å². The largest absolute Gasteiger partial charge is 0.389 e. The van der Waals surface area contributed by atoms with Crippen LogP contribution in [0.1, 0.15) is 21.8 Å². The van der Waals surface area contributed by atoms with Crippen LogP contribution in [0.2, 0.25) is 0 Å². The third kappa shape index (κ3) is 3.32. The maximum absolute atomic E-state index is 5.79. The van der Waals surface area contributed by atoms with Gasteiger partial charge in [0.15, 0.2) is 0 Å². The highest BCUT2D eigenvalue weighted by atomic mass is 79.9. The Morgan fingerprint density at radius 1 is 1.53 bits per heavy atom. The smallest absolute Gasteiger partial charge is 0.107 e. The summed E-state index contributed by atoms with van der Waals surface area (Å²) < 4.78 is 1.12. The number of nitrogens with zero attached hydrogens (tertiary/aromatic N) is 1. The molecule has 2 aromatic heterocycles. The van der Waals surface area contributed by atoms with Crippen molar-refractivity contribution in [3.63, 3.8) is 0 Å². The van der Waals surface area contributed by atoms with E-state index in [1.165, 1.54) is 4.88 Å². The molecule has 2 rings (SSSR count). The molecule has 0 saturated carbocycles. The van der Waals surface area contributed by atoms with Crippen LogP contribution in [0.4, 0.5) is 5.69 Å². The Morgan fingerprint density at radius 3 is 2.84 bits per heavy atom. The zero-order chi connectivity index (χ0) is 14.0. The predicted molar refractivity (Wildman–Crippen MR) is 88.9 cm³/mol. The third-order valence-corrected chi connectivity index (χ3v) is 4.84. The SMILES string of the molecule is Cc1cc(NCc2sccc2Br)c(C(N)=S)c(C)n1. The molecule has 0 unspecified atom stereocenters. The van der Waals surface area contributed by atoms with E-state index in [2.05, 4.69) is 31.6 Å². The van der Waals surface area contributed by atoms with Crippen LogP contribution in [0.5, 0.6) is 0 Å². The fourth-order valence-electron chi connectivity index (χ4n) is 1.91. The van der Waals surface area contributed by atoms with Crippen molar-refractivity contribution in [1.82, 2.24) is 4.98 Å². The Labute approximate surface area is 130 Å². The van der Waals surface area contributed by atoms with Crippen molar-refractivity contribution < 1.29 is 0 Å². The first kappa shape index (κ1) is 14.4. The molecule has 19 heavy (non-hydrogen) atoms. The molecule has 2 aromatic rings. The molecular weight excluding hydrogens is 342 g/mol. The lowest BCUT2D eigenvalue weighted by Crippen LogP contribution is -2.16. The van der Waals surface area contributed by atoms with Crippen LogP contribution >= 0.6 is 39.5 Å². The number of aromatic nitrogens is 1. The molecule has 3 nitrogen and oxygen atoms in total. The lowest BCUT2D eigenvalue weighted by atomic mass is 10.1. The predicted octanol–water partition coefficient (Wildman–Crippen LogP) is 3.77. The minimum Gasteiger partial charge on any atom is -0.389 e. The van der Waals surface area contributed by atoms with Crippen LogP contribution in [0.3, 0.4) is 0 Å². The normalized spacial score (nSPS) is 10.5. The second-order valence-corrected chi connectivity index (χ2v) is 6.48. The standard InChI is InChI=1S/C13H14BrN3S2/c1-7-5-10(12(13(15)18)8(2)17-7)16-6-11-9(14)3-4-19-11/h3-5H,6H2,1-2H3,(H2,15,18)(H,16,17). The van der Waals surface area contributed by atoms with E-state index in [0.29, 0.717) is 4.99 Å². The van der Waals surface area contributed by atoms with Crippen molar-refractivity contribution >= 4 is 50.2 Å². The molecule has 0 fully saturated rings. The van der Waals surface area contributed by atoms with E-state index >= 15 is 0 Å². The summed E-state index contributed by atoms with van der Waals surface area (Å²) in [6.07, 6.45) is 0. The minimum absolute atomic E-state index is 0.373. The van der Waals surface area contributed by atoms with Gasteiger partial charge in [-0.15, -0.1) is 11.3 Å². The lowest BCUT2D eigenvalue weighted by molar-refractivity contribution is 1.09. The molecule has 0 aliphatic heterocycles. The Balaban J connectivity index is 2.29. The van der Waals surface area contributed by atoms with Crippen molar-refractivity contribution in [1.29, 1.82) is 0 Å². The van der Waals surface area contributed by atoms with Gasteiger partial charge in [-0.3, -0.25) is 4.98 Å². The van der Waals surface area contributed by atoms with Gasteiger partial charge in [0.05, 0.1) is 12.1 Å². The highest BCUT2D eigenvalue weighted by molar-refractivity contribution is 9.10. The van der Waals surface area contributed by atoms with Gasteiger partial charge in [0, 0.05) is 26.4 Å². The highest BCUT2D eigenvalue weighted by Gasteiger charge is 2.11. The number of halogens is 1. The van der Waals surface area contributed by atoms with Crippen molar-refractivity contribution in [2.75, 3.05) is 5.32 Å². The summed E-state index contributed by atoms with van der Waals surface area (Å²) in [6, 6.07) is 4.02. The summed E-state index contributed by atoms with van der Waals surface area (Å²) in [7, 11) is 0. The molecule has 0 bridgehead atoms. The van der Waals surface area contributed by atoms with E-state index in [9.17, 15) is 0 Å². The molecule has 0 aliphatic rings. The quantitative estimate of drug-likeness (QED) is 0.819. The Bertz CT molecular complexity index is 622. The van der Waals surface area contributed by atoms with Crippen molar-refractivity contribution in [3.8, 4) is 0 Å². The van der Waals surface area contributed by atoms with Gasteiger partial charge >= 0.3 is 0 Å². The number of nitrogens with one attached hydrogen (secondary N) is 1. The minimum atomic E-state index is 0.373. The Kier molecular flexibility index (Phi) is 4.54. The van der Waals surface area contributed by atoms with Gasteiger partial charge in [-0.25, -0.2) is 0 Å². The first-order valence-corrected chi connectivity index (χ1v) is 7.81. The van der Waals surface area contributed by atoms with E-state index in [0.717, 1.165) is 33.7 Å². The molecule has 6 heteroatoms. The van der Waals surface area contributed by atoms with E-state index < -0.39 is 0 Å². The summed E-state index contributed by atoms with van der Waals surface area (Å²) in [5, 5.41) is 5.45. The fourth-order valence-corrected chi connectivity index (χ4v) is 3.60. The topological polar surface area (TPSA) is 50.9 Å². The Hall–Kier alpha value is -0.980. The van der Waals surface area contributed by atoms with Crippen LogP contribution in [-0.4, -0.2) is 9.97 Å². The van der Waals surface area contributed by atoms with Crippen molar-refractivity contribution in [3.05, 3.63) is 43.8 Å². The fraction of sp³-hybridized carbons (Fsp3) is 0.231. The second kappa shape index (κ2) is 5.98. The number of thiophene rings is 1. The summed E-state index contributed by atoms with van der Waals surface area (Å²) in [5.41, 5.74) is 9.37. The average molecular weight is 356 g/mol. The molecule has 3 N–H and O–H groups in total. The molecular formula is C13H14BrN3S2. The van der Waals surface area contributed by atoms with Crippen LogP contribution in [0.25, 0.3) is 0 Å².